The van der Waals surface area contributed by atoms with Crippen molar-refractivity contribution in [1.29, 1.82) is 0 Å². The maximum atomic E-state index is 9.20. The smallest absolute Gasteiger partial charge is 0.193 e. The van der Waals surface area contributed by atoms with Gasteiger partial charge in [0.15, 0.2) is 11.8 Å². The second-order valence-corrected chi connectivity index (χ2v) is 2.98. The molecule has 0 aromatic carbocycles. The van der Waals surface area contributed by atoms with Gasteiger partial charge in [0.25, 0.3) is 0 Å². The summed E-state index contributed by atoms with van der Waals surface area (Å²) in [7, 11) is 0. The number of aromatic hydroxyl groups is 2. The summed E-state index contributed by atoms with van der Waals surface area (Å²) >= 11 is 5.49. The van der Waals surface area contributed by atoms with E-state index >= 15 is 0 Å². The summed E-state index contributed by atoms with van der Waals surface area (Å²) in [6, 6.07) is 2.94. The molecule has 0 saturated heterocycles. The molecule has 1 aromatic heterocycles. The Balaban J connectivity index is 2.50. The SMILES string of the molecule is Oc1ccc(O)n1CCCCCl. The Labute approximate surface area is 76.2 Å². The Morgan fingerprint density at radius 2 is 1.75 bits per heavy atom. The molecule has 0 saturated carbocycles. The van der Waals surface area contributed by atoms with E-state index in [1.807, 2.05) is 0 Å². The van der Waals surface area contributed by atoms with Gasteiger partial charge >= 0.3 is 0 Å². The molecule has 0 amide bonds. The molecule has 0 fully saturated rings. The maximum absolute atomic E-state index is 9.20. The Morgan fingerprint density at radius 3 is 2.25 bits per heavy atom. The molecular formula is C8H12ClNO2. The topological polar surface area (TPSA) is 45.4 Å². The van der Waals surface area contributed by atoms with Crippen LogP contribution in [-0.4, -0.2) is 20.7 Å². The lowest BCUT2D eigenvalue weighted by atomic mass is 10.3. The van der Waals surface area contributed by atoms with Gasteiger partial charge in [-0.2, -0.15) is 0 Å². The van der Waals surface area contributed by atoms with E-state index in [1.54, 1.807) is 0 Å². The number of nitrogens with zero attached hydrogens (tertiary/aromatic N) is 1. The predicted octanol–water partition coefficient (Wildman–Crippen LogP) is 1.92. The van der Waals surface area contributed by atoms with E-state index in [0.717, 1.165) is 12.8 Å². The summed E-state index contributed by atoms with van der Waals surface area (Å²) in [6.45, 7) is 0.609. The molecule has 1 rings (SSSR count). The van der Waals surface area contributed by atoms with Gasteiger partial charge in [-0.05, 0) is 12.8 Å². The van der Waals surface area contributed by atoms with Crippen molar-refractivity contribution in [3.63, 3.8) is 0 Å². The molecule has 0 aliphatic heterocycles. The first kappa shape index (κ1) is 9.26. The van der Waals surface area contributed by atoms with Crippen LogP contribution in [0.2, 0.25) is 0 Å². The molecule has 3 nitrogen and oxygen atoms in total. The predicted molar refractivity (Wildman–Crippen MR) is 47.7 cm³/mol. The lowest BCUT2D eigenvalue weighted by Gasteiger charge is -2.04. The van der Waals surface area contributed by atoms with E-state index in [9.17, 15) is 10.2 Å². The quantitative estimate of drug-likeness (QED) is 0.562. The number of hydrogen-bond acceptors (Lipinski definition) is 2. The van der Waals surface area contributed by atoms with Crippen LogP contribution < -0.4 is 0 Å². The van der Waals surface area contributed by atoms with E-state index in [2.05, 4.69) is 0 Å². The monoisotopic (exact) mass is 189 g/mol. The normalized spacial score (nSPS) is 10.4. The van der Waals surface area contributed by atoms with Crippen LogP contribution in [0.3, 0.4) is 0 Å². The van der Waals surface area contributed by atoms with Crippen molar-refractivity contribution in [2.45, 2.75) is 19.4 Å². The largest absolute Gasteiger partial charge is 0.494 e. The molecule has 2 N–H and O–H groups in total. The molecule has 0 bridgehead atoms. The number of unbranched alkanes of at least 4 members (excludes halogenated alkanes) is 1. The Hall–Kier alpha value is -0.830. The van der Waals surface area contributed by atoms with Gasteiger partial charge < -0.3 is 10.2 Å². The Kier molecular flexibility index (Phi) is 3.29. The summed E-state index contributed by atoms with van der Waals surface area (Å²) in [5, 5.41) is 18.4. The molecular weight excluding hydrogens is 178 g/mol. The summed E-state index contributed by atoms with van der Waals surface area (Å²) in [6.07, 6.45) is 1.75. The first-order chi connectivity index (χ1) is 5.75. The lowest BCUT2D eigenvalue weighted by molar-refractivity contribution is 0.364. The van der Waals surface area contributed by atoms with Gasteiger partial charge in [-0.15, -0.1) is 11.6 Å². The average molecular weight is 190 g/mol. The number of rotatable bonds is 4. The molecule has 0 aliphatic carbocycles. The van der Waals surface area contributed by atoms with Crippen LogP contribution in [0.1, 0.15) is 12.8 Å². The molecule has 4 heteroatoms. The molecule has 0 atom stereocenters. The van der Waals surface area contributed by atoms with Gasteiger partial charge in [0.2, 0.25) is 0 Å². The standard InChI is InChI=1S/C8H12ClNO2/c9-5-1-2-6-10-7(11)3-4-8(10)12/h3-4,11-12H,1-2,5-6H2. The minimum atomic E-state index is 0.0991. The zero-order valence-corrected chi connectivity index (χ0v) is 7.46. The Bertz CT molecular complexity index is 228. The lowest BCUT2D eigenvalue weighted by Crippen LogP contribution is -1.96. The summed E-state index contributed by atoms with van der Waals surface area (Å²) < 4.78 is 1.45. The van der Waals surface area contributed by atoms with E-state index < -0.39 is 0 Å². The van der Waals surface area contributed by atoms with Crippen LogP contribution in [0.25, 0.3) is 0 Å². The van der Waals surface area contributed by atoms with Crippen molar-refractivity contribution in [3.8, 4) is 11.8 Å². The van der Waals surface area contributed by atoms with Gasteiger partial charge in [0.1, 0.15) is 0 Å². The van der Waals surface area contributed by atoms with E-state index in [0.29, 0.717) is 12.4 Å². The first-order valence-electron chi connectivity index (χ1n) is 3.89. The zero-order valence-electron chi connectivity index (χ0n) is 6.70. The number of hydrogen-bond donors (Lipinski definition) is 2. The van der Waals surface area contributed by atoms with Crippen molar-refractivity contribution in [3.05, 3.63) is 12.1 Å². The minimum Gasteiger partial charge on any atom is -0.494 e. The molecule has 1 heterocycles. The van der Waals surface area contributed by atoms with Gasteiger partial charge in [0.05, 0.1) is 0 Å². The third kappa shape index (κ3) is 2.08. The molecule has 68 valence electrons. The van der Waals surface area contributed by atoms with Gasteiger partial charge in [-0.1, -0.05) is 0 Å². The van der Waals surface area contributed by atoms with E-state index in [-0.39, 0.29) is 11.8 Å². The second-order valence-electron chi connectivity index (χ2n) is 2.60. The van der Waals surface area contributed by atoms with Crippen LogP contribution in [0.5, 0.6) is 11.8 Å². The van der Waals surface area contributed by atoms with Gasteiger partial charge in [-0.25, -0.2) is 0 Å². The minimum absolute atomic E-state index is 0.0991. The fourth-order valence-electron chi connectivity index (χ4n) is 1.04. The van der Waals surface area contributed by atoms with Crippen LogP contribution in [-0.2, 0) is 6.54 Å². The summed E-state index contributed by atoms with van der Waals surface area (Å²) in [5.74, 6) is 0.812. The highest BCUT2D eigenvalue weighted by Gasteiger charge is 2.03. The number of alkyl halides is 1. The van der Waals surface area contributed by atoms with Crippen molar-refractivity contribution in [1.82, 2.24) is 4.57 Å². The first-order valence-corrected chi connectivity index (χ1v) is 4.42. The highest BCUT2D eigenvalue weighted by molar-refractivity contribution is 6.17. The summed E-state index contributed by atoms with van der Waals surface area (Å²) in [5.41, 5.74) is 0. The van der Waals surface area contributed by atoms with Crippen molar-refractivity contribution in [2.24, 2.45) is 0 Å². The maximum Gasteiger partial charge on any atom is 0.193 e. The second kappa shape index (κ2) is 4.26. The molecule has 0 unspecified atom stereocenters. The van der Waals surface area contributed by atoms with E-state index in [4.69, 9.17) is 11.6 Å². The fraction of sp³-hybridized carbons (Fsp3) is 0.500. The third-order valence-corrected chi connectivity index (χ3v) is 1.97. The van der Waals surface area contributed by atoms with E-state index in [1.165, 1.54) is 16.7 Å². The summed E-state index contributed by atoms with van der Waals surface area (Å²) in [4.78, 5) is 0. The highest BCUT2D eigenvalue weighted by Crippen LogP contribution is 2.21. The average Bonchev–Trinajstić information content (AvgIpc) is 2.35. The third-order valence-electron chi connectivity index (χ3n) is 1.70. The highest BCUT2D eigenvalue weighted by atomic mass is 35.5. The van der Waals surface area contributed by atoms with Crippen LogP contribution >= 0.6 is 11.6 Å². The molecule has 0 aliphatic rings. The Morgan fingerprint density at radius 1 is 1.17 bits per heavy atom. The number of aromatic nitrogens is 1. The molecule has 12 heavy (non-hydrogen) atoms. The van der Waals surface area contributed by atoms with Gasteiger partial charge in [0, 0.05) is 24.6 Å². The van der Waals surface area contributed by atoms with Crippen LogP contribution in [0.15, 0.2) is 12.1 Å². The molecule has 0 spiro atoms. The van der Waals surface area contributed by atoms with Crippen LogP contribution in [0, 0.1) is 0 Å². The van der Waals surface area contributed by atoms with Crippen molar-refractivity contribution >= 4 is 11.6 Å². The molecule has 0 radical (unpaired) electrons. The van der Waals surface area contributed by atoms with Crippen molar-refractivity contribution < 1.29 is 10.2 Å². The van der Waals surface area contributed by atoms with Crippen LogP contribution in [0.4, 0.5) is 0 Å². The molecule has 1 aromatic rings. The zero-order chi connectivity index (χ0) is 8.97. The van der Waals surface area contributed by atoms with Crippen molar-refractivity contribution in [2.75, 3.05) is 5.88 Å². The van der Waals surface area contributed by atoms with Gasteiger partial charge in [-0.3, -0.25) is 4.57 Å². The number of halogens is 1. The fourth-order valence-corrected chi connectivity index (χ4v) is 1.23.